The Labute approximate surface area is 89.3 Å². The van der Waals surface area contributed by atoms with Gasteiger partial charge in [0, 0.05) is 25.4 Å². The lowest BCUT2D eigenvalue weighted by molar-refractivity contribution is -0.120. The third kappa shape index (κ3) is 7.11. The zero-order valence-corrected chi connectivity index (χ0v) is 9.62. The van der Waals surface area contributed by atoms with Crippen molar-refractivity contribution >= 4 is 27.5 Å². The summed E-state index contributed by atoms with van der Waals surface area (Å²) in [6.45, 7) is 2.47. The second kappa shape index (κ2) is 7.03. The maximum atomic E-state index is 11.0. The minimum atomic E-state index is -3.30. The summed E-state index contributed by atoms with van der Waals surface area (Å²) in [6, 6.07) is 0. The number of nitrogens with one attached hydrogen (secondary N) is 2. The highest BCUT2D eigenvalue weighted by atomic mass is 35.5. The quantitative estimate of drug-likeness (QED) is 0.601. The van der Waals surface area contributed by atoms with Gasteiger partial charge in [0.1, 0.15) is 0 Å². The highest BCUT2D eigenvalue weighted by Crippen LogP contribution is 1.87. The van der Waals surface area contributed by atoms with E-state index in [0.717, 1.165) is 0 Å². The van der Waals surface area contributed by atoms with E-state index in [2.05, 4.69) is 10.0 Å². The Morgan fingerprint density at radius 1 is 1.43 bits per heavy atom. The summed E-state index contributed by atoms with van der Waals surface area (Å²) in [4.78, 5) is 10.9. The maximum absolute atomic E-state index is 11.0. The molecule has 0 saturated heterocycles. The minimum Gasteiger partial charge on any atom is -0.356 e. The minimum absolute atomic E-state index is 0.0521. The van der Waals surface area contributed by atoms with E-state index < -0.39 is 10.0 Å². The predicted molar refractivity (Wildman–Crippen MR) is 55.8 cm³/mol. The fraction of sp³-hybridized carbons (Fsp3) is 0.857. The molecule has 0 radical (unpaired) electrons. The normalized spacial score (nSPS) is 11.3. The first-order valence-electron chi connectivity index (χ1n) is 4.32. The van der Waals surface area contributed by atoms with Crippen LogP contribution in [0.3, 0.4) is 0 Å². The van der Waals surface area contributed by atoms with Crippen molar-refractivity contribution in [2.75, 3.05) is 24.7 Å². The highest BCUT2D eigenvalue weighted by Gasteiger charge is 2.08. The molecule has 0 heterocycles. The first kappa shape index (κ1) is 13.7. The molecule has 0 unspecified atom stereocenters. The van der Waals surface area contributed by atoms with Crippen molar-refractivity contribution in [1.29, 1.82) is 0 Å². The summed E-state index contributed by atoms with van der Waals surface area (Å²) >= 11 is 5.28. The summed E-state index contributed by atoms with van der Waals surface area (Å²) in [5, 5.41) is 2.56. The van der Waals surface area contributed by atoms with Gasteiger partial charge in [0.15, 0.2) is 0 Å². The van der Waals surface area contributed by atoms with Crippen LogP contribution in [0.25, 0.3) is 0 Å². The molecular formula is C7H15ClN2O3S. The van der Waals surface area contributed by atoms with Crippen molar-refractivity contribution in [2.45, 2.75) is 13.3 Å². The molecule has 2 N–H and O–H groups in total. The van der Waals surface area contributed by atoms with Crippen LogP contribution >= 0.6 is 11.6 Å². The fourth-order valence-electron chi connectivity index (χ4n) is 0.779. The smallest absolute Gasteiger partial charge is 0.221 e. The van der Waals surface area contributed by atoms with Crippen molar-refractivity contribution in [3.05, 3.63) is 0 Å². The fourth-order valence-corrected chi connectivity index (χ4v) is 2.15. The lowest BCUT2D eigenvalue weighted by atomic mass is 10.4. The Bertz CT molecular complexity index is 266. The van der Waals surface area contributed by atoms with E-state index in [-0.39, 0.29) is 30.5 Å². The third-order valence-electron chi connectivity index (χ3n) is 1.39. The Morgan fingerprint density at radius 3 is 2.57 bits per heavy atom. The summed E-state index contributed by atoms with van der Waals surface area (Å²) < 4.78 is 24.4. The molecular weight excluding hydrogens is 228 g/mol. The van der Waals surface area contributed by atoms with E-state index in [0.29, 0.717) is 6.54 Å². The summed E-state index contributed by atoms with van der Waals surface area (Å²) in [7, 11) is -3.30. The van der Waals surface area contributed by atoms with Gasteiger partial charge in [-0.1, -0.05) is 0 Å². The second-order valence-electron chi connectivity index (χ2n) is 2.61. The monoisotopic (exact) mass is 242 g/mol. The number of hydrogen-bond donors (Lipinski definition) is 2. The van der Waals surface area contributed by atoms with Gasteiger partial charge in [0.2, 0.25) is 15.9 Å². The van der Waals surface area contributed by atoms with Gasteiger partial charge in [-0.05, 0) is 6.92 Å². The summed E-state index contributed by atoms with van der Waals surface area (Å²) in [6.07, 6.45) is 0.148. The molecule has 84 valence electrons. The summed E-state index contributed by atoms with van der Waals surface area (Å²) in [5.74, 6) is -0.235. The molecule has 7 heteroatoms. The standard InChI is InChI=1S/C7H15ClN2O3S/c1-2-9-7(11)3-5-10-14(12,13)6-4-8/h10H,2-6H2,1H3,(H,9,11). The van der Waals surface area contributed by atoms with Crippen molar-refractivity contribution in [1.82, 2.24) is 10.0 Å². The van der Waals surface area contributed by atoms with Crippen molar-refractivity contribution < 1.29 is 13.2 Å². The number of hydrogen-bond acceptors (Lipinski definition) is 3. The van der Waals surface area contributed by atoms with Gasteiger partial charge in [-0.25, -0.2) is 13.1 Å². The third-order valence-corrected chi connectivity index (χ3v) is 3.19. The number of alkyl halides is 1. The van der Waals surface area contributed by atoms with Gasteiger partial charge < -0.3 is 5.32 Å². The van der Waals surface area contributed by atoms with Gasteiger partial charge in [-0.15, -0.1) is 11.6 Å². The number of carbonyl (C=O) groups is 1. The molecule has 14 heavy (non-hydrogen) atoms. The molecule has 0 rings (SSSR count). The van der Waals surface area contributed by atoms with Crippen LogP contribution in [0.5, 0.6) is 0 Å². The van der Waals surface area contributed by atoms with Crippen LogP contribution in [-0.2, 0) is 14.8 Å². The topological polar surface area (TPSA) is 75.3 Å². The summed E-state index contributed by atoms with van der Waals surface area (Å²) in [5.41, 5.74) is 0. The molecule has 0 atom stereocenters. The van der Waals surface area contributed by atoms with Crippen molar-refractivity contribution in [3.8, 4) is 0 Å². The molecule has 0 aliphatic heterocycles. The molecule has 0 aromatic carbocycles. The molecule has 1 amide bonds. The lowest BCUT2D eigenvalue weighted by Crippen LogP contribution is -2.32. The first-order chi connectivity index (χ1) is 6.52. The molecule has 0 aliphatic carbocycles. The number of rotatable bonds is 7. The van der Waals surface area contributed by atoms with E-state index in [9.17, 15) is 13.2 Å². The Morgan fingerprint density at radius 2 is 2.07 bits per heavy atom. The van der Waals surface area contributed by atoms with Gasteiger partial charge in [-0.3, -0.25) is 4.79 Å². The number of carbonyl (C=O) groups excluding carboxylic acids is 1. The van der Waals surface area contributed by atoms with E-state index in [4.69, 9.17) is 11.6 Å². The molecule has 0 aromatic rings. The highest BCUT2D eigenvalue weighted by molar-refractivity contribution is 7.89. The number of sulfonamides is 1. The molecule has 0 spiro atoms. The van der Waals surface area contributed by atoms with Crippen LogP contribution in [-0.4, -0.2) is 39.0 Å². The van der Waals surface area contributed by atoms with Crippen LogP contribution in [0.2, 0.25) is 0 Å². The van der Waals surface area contributed by atoms with Crippen LogP contribution in [0.1, 0.15) is 13.3 Å². The van der Waals surface area contributed by atoms with Gasteiger partial charge in [-0.2, -0.15) is 0 Å². The lowest BCUT2D eigenvalue weighted by Gasteiger charge is -2.04. The maximum Gasteiger partial charge on any atom is 0.221 e. The second-order valence-corrected chi connectivity index (χ2v) is 4.91. The number of halogens is 1. The number of amides is 1. The zero-order chi connectivity index (χ0) is 11.0. The Kier molecular flexibility index (Phi) is 6.86. The van der Waals surface area contributed by atoms with Crippen LogP contribution in [0, 0.1) is 0 Å². The van der Waals surface area contributed by atoms with Crippen LogP contribution < -0.4 is 10.0 Å². The van der Waals surface area contributed by atoms with E-state index in [1.54, 1.807) is 6.92 Å². The zero-order valence-electron chi connectivity index (χ0n) is 8.05. The van der Waals surface area contributed by atoms with E-state index >= 15 is 0 Å². The van der Waals surface area contributed by atoms with Gasteiger partial charge >= 0.3 is 0 Å². The van der Waals surface area contributed by atoms with Crippen molar-refractivity contribution in [2.24, 2.45) is 0 Å². The van der Waals surface area contributed by atoms with Crippen LogP contribution in [0.4, 0.5) is 0 Å². The van der Waals surface area contributed by atoms with Crippen molar-refractivity contribution in [3.63, 3.8) is 0 Å². The first-order valence-corrected chi connectivity index (χ1v) is 6.50. The van der Waals surface area contributed by atoms with E-state index in [1.807, 2.05) is 0 Å². The average Bonchev–Trinajstić information content (AvgIpc) is 2.03. The SMILES string of the molecule is CCNC(=O)CCNS(=O)(=O)CCCl. The molecule has 5 nitrogen and oxygen atoms in total. The Hall–Kier alpha value is -0.330. The Balaban J connectivity index is 3.68. The molecule has 0 bridgehead atoms. The van der Waals surface area contributed by atoms with Gasteiger partial charge in [0.05, 0.1) is 5.75 Å². The average molecular weight is 243 g/mol. The van der Waals surface area contributed by atoms with E-state index in [1.165, 1.54) is 0 Å². The molecule has 0 aromatic heterocycles. The van der Waals surface area contributed by atoms with Gasteiger partial charge in [0.25, 0.3) is 0 Å². The largest absolute Gasteiger partial charge is 0.356 e. The predicted octanol–water partition coefficient (Wildman–Crippen LogP) is -0.329. The molecule has 0 aliphatic rings. The molecule has 0 fully saturated rings. The van der Waals surface area contributed by atoms with Crippen LogP contribution in [0.15, 0.2) is 0 Å². The molecule has 0 saturated carbocycles.